The van der Waals surface area contributed by atoms with Crippen LogP contribution in [0.25, 0.3) is 0 Å². The summed E-state index contributed by atoms with van der Waals surface area (Å²) in [5, 5.41) is 0. The second kappa shape index (κ2) is 7.78. The van der Waals surface area contributed by atoms with E-state index in [1.807, 2.05) is 6.92 Å². The predicted molar refractivity (Wildman–Crippen MR) is 82.7 cm³/mol. The van der Waals surface area contributed by atoms with Crippen molar-refractivity contribution in [1.29, 1.82) is 0 Å². The van der Waals surface area contributed by atoms with Gasteiger partial charge in [-0.25, -0.2) is 4.39 Å². The summed E-state index contributed by atoms with van der Waals surface area (Å²) in [5.41, 5.74) is 0.981. The van der Waals surface area contributed by atoms with E-state index in [0.717, 1.165) is 42.7 Å². The molecule has 0 heterocycles. The van der Waals surface area contributed by atoms with Crippen molar-refractivity contribution in [2.24, 2.45) is 5.41 Å². The standard InChI is InChI=1S/C16H25FOS/c1-4-8-16(12-19,9-5-2)11-18-15-7-6-14(17)10-13(15)3/h6-7,10,19H,4-5,8-9,11-12H2,1-3H3. The lowest BCUT2D eigenvalue weighted by molar-refractivity contribution is 0.143. The van der Waals surface area contributed by atoms with Crippen LogP contribution < -0.4 is 4.74 Å². The summed E-state index contributed by atoms with van der Waals surface area (Å²) in [6.45, 7) is 6.92. The molecule has 1 nitrogen and oxygen atoms in total. The van der Waals surface area contributed by atoms with Crippen molar-refractivity contribution in [3.8, 4) is 5.75 Å². The van der Waals surface area contributed by atoms with Gasteiger partial charge in [0.1, 0.15) is 11.6 Å². The van der Waals surface area contributed by atoms with Crippen molar-refractivity contribution in [1.82, 2.24) is 0 Å². The van der Waals surface area contributed by atoms with Gasteiger partial charge in [-0.3, -0.25) is 0 Å². The molecule has 0 saturated carbocycles. The van der Waals surface area contributed by atoms with Crippen molar-refractivity contribution in [3.63, 3.8) is 0 Å². The van der Waals surface area contributed by atoms with Crippen molar-refractivity contribution in [3.05, 3.63) is 29.6 Å². The predicted octanol–water partition coefficient (Wildman–Crippen LogP) is 5.03. The molecule has 108 valence electrons. The van der Waals surface area contributed by atoms with E-state index in [4.69, 9.17) is 4.74 Å². The third-order valence-corrected chi connectivity index (χ3v) is 4.24. The largest absolute Gasteiger partial charge is 0.493 e. The minimum atomic E-state index is -0.215. The average molecular weight is 284 g/mol. The van der Waals surface area contributed by atoms with Gasteiger partial charge in [0.15, 0.2) is 0 Å². The fraction of sp³-hybridized carbons (Fsp3) is 0.625. The van der Waals surface area contributed by atoms with Gasteiger partial charge in [-0.05, 0) is 49.3 Å². The summed E-state index contributed by atoms with van der Waals surface area (Å²) < 4.78 is 19.0. The number of rotatable bonds is 8. The molecule has 0 aliphatic rings. The number of hydrogen-bond donors (Lipinski definition) is 1. The molecule has 0 aromatic heterocycles. The van der Waals surface area contributed by atoms with Crippen LogP contribution in [-0.2, 0) is 0 Å². The van der Waals surface area contributed by atoms with Crippen LogP contribution in [0.15, 0.2) is 18.2 Å². The lowest BCUT2D eigenvalue weighted by Gasteiger charge is -2.32. The molecule has 0 N–H and O–H groups in total. The van der Waals surface area contributed by atoms with Crippen LogP contribution in [0.2, 0.25) is 0 Å². The molecule has 0 bridgehead atoms. The molecule has 0 aliphatic heterocycles. The van der Waals surface area contributed by atoms with Gasteiger partial charge in [0, 0.05) is 5.41 Å². The molecule has 0 saturated heterocycles. The van der Waals surface area contributed by atoms with Crippen LogP contribution in [0, 0.1) is 18.2 Å². The Labute approximate surface area is 122 Å². The van der Waals surface area contributed by atoms with E-state index in [1.165, 1.54) is 12.1 Å². The summed E-state index contributed by atoms with van der Waals surface area (Å²) in [7, 11) is 0. The molecule has 1 rings (SSSR count). The number of aryl methyl sites for hydroxylation is 1. The second-order valence-corrected chi connectivity index (χ2v) is 5.67. The topological polar surface area (TPSA) is 9.23 Å². The van der Waals surface area contributed by atoms with Crippen LogP contribution in [0.1, 0.15) is 45.1 Å². The third kappa shape index (κ3) is 4.72. The zero-order valence-corrected chi connectivity index (χ0v) is 13.1. The SMILES string of the molecule is CCCC(CS)(CCC)COc1ccc(F)cc1C. The molecule has 1 aromatic carbocycles. The van der Waals surface area contributed by atoms with E-state index in [9.17, 15) is 4.39 Å². The van der Waals surface area contributed by atoms with Crippen LogP contribution >= 0.6 is 12.6 Å². The third-order valence-electron chi connectivity index (χ3n) is 3.57. The van der Waals surface area contributed by atoms with Gasteiger partial charge in [-0.15, -0.1) is 0 Å². The highest BCUT2D eigenvalue weighted by Gasteiger charge is 2.28. The van der Waals surface area contributed by atoms with E-state index >= 15 is 0 Å². The molecule has 19 heavy (non-hydrogen) atoms. The Hall–Kier alpha value is -0.700. The fourth-order valence-corrected chi connectivity index (χ4v) is 2.95. The van der Waals surface area contributed by atoms with E-state index in [1.54, 1.807) is 6.07 Å². The molecule has 0 fully saturated rings. The highest BCUT2D eigenvalue weighted by atomic mass is 32.1. The zero-order chi connectivity index (χ0) is 14.3. The lowest BCUT2D eigenvalue weighted by Crippen LogP contribution is -2.30. The smallest absolute Gasteiger partial charge is 0.123 e. The molecular formula is C16H25FOS. The fourth-order valence-electron chi connectivity index (χ4n) is 2.54. The second-order valence-electron chi connectivity index (χ2n) is 5.36. The lowest BCUT2D eigenvalue weighted by atomic mass is 9.82. The van der Waals surface area contributed by atoms with E-state index in [-0.39, 0.29) is 11.2 Å². The minimum Gasteiger partial charge on any atom is -0.493 e. The first-order valence-electron chi connectivity index (χ1n) is 7.06. The summed E-state index contributed by atoms with van der Waals surface area (Å²) in [6, 6.07) is 4.67. The van der Waals surface area contributed by atoms with Gasteiger partial charge >= 0.3 is 0 Å². The Kier molecular flexibility index (Phi) is 6.70. The molecular weight excluding hydrogens is 259 g/mol. The molecule has 0 amide bonds. The van der Waals surface area contributed by atoms with Crippen molar-refractivity contribution in [2.45, 2.75) is 46.5 Å². The molecule has 0 radical (unpaired) electrons. The number of benzene rings is 1. The summed E-state index contributed by atoms with van der Waals surface area (Å²) in [6.07, 6.45) is 4.49. The van der Waals surface area contributed by atoms with Gasteiger partial charge in [0.05, 0.1) is 6.61 Å². The number of thiol groups is 1. The van der Waals surface area contributed by atoms with E-state index in [2.05, 4.69) is 26.5 Å². The molecule has 0 spiro atoms. The van der Waals surface area contributed by atoms with Crippen molar-refractivity contribution in [2.75, 3.05) is 12.4 Å². The molecule has 0 aliphatic carbocycles. The van der Waals surface area contributed by atoms with Gasteiger partial charge in [0.25, 0.3) is 0 Å². The van der Waals surface area contributed by atoms with Crippen LogP contribution in [0.3, 0.4) is 0 Å². The molecule has 0 unspecified atom stereocenters. The van der Waals surface area contributed by atoms with Crippen LogP contribution in [-0.4, -0.2) is 12.4 Å². The van der Waals surface area contributed by atoms with Crippen LogP contribution in [0.4, 0.5) is 4.39 Å². The Bertz CT molecular complexity index is 386. The minimum absolute atomic E-state index is 0.132. The van der Waals surface area contributed by atoms with Crippen molar-refractivity contribution < 1.29 is 9.13 Å². The normalized spacial score (nSPS) is 11.6. The molecule has 0 atom stereocenters. The summed E-state index contributed by atoms with van der Waals surface area (Å²) >= 11 is 4.52. The zero-order valence-electron chi connectivity index (χ0n) is 12.2. The molecule has 3 heteroatoms. The summed E-state index contributed by atoms with van der Waals surface area (Å²) in [4.78, 5) is 0. The van der Waals surface area contributed by atoms with E-state index < -0.39 is 0 Å². The van der Waals surface area contributed by atoms with Gasteiger partial charge < -0.3 is 4.74 Å². The van der Waals surface area contributed by atoms with E-state index in [0.29, 0.717) is 6.61 Å². The Morgan fingerprint density at radius 1 is 1.21 bits per heavy atom. The number of hydrogen-bond acceptors (Lipinski definition) is 2. The first-order chi connectivity index (χ1) is 9.06. The maximum atomic E-state index is 13.1. The van der Waals surface area contributed by atoms with Gasteiger partial charge in [-0.2, -0.15) is 12.6 Å². The molecule has 1 aromatic rings. The van der Waals surface area contributed by atoms with Crippen LogP contribution in [0.5, 0.6) is 5.75 Å². The van der Waals surface area contributed by atoms with Crippen molar-refractivity contribution >= 4 is 12.6 Å². The first-order valence-corrected chi connectivity index (χ1v) is 7.70. The quantitative estimate of drug-likeness (QED) is 0.659. The average Bonchev–Trinajstić information content (AvgIpc) is 2.38. The Morgan fingerprint density at radius 2 is 1.84 bits per heavy atom. The highest BCUT2D eigenvalue weighted by Crippen LogP contribution is 2.32. The number of halogens is 1. The first kappa shape index (κ1) is 16.4. The monoisotopic (exact) mass is 284 g/mol. The highest BCUT2D eigenvalue weighted by molar-refractivity contribution is 7.80. The van der Waals surface area contributed by atoms with Gasteiger partial charge in [0.2, 0.25) is 0 Å². The summed E-state index contributed by atoms with van der Waals surface area (Å²) in [5.74, 6) is 1.39. The maximum absolute atomic E-state index is 13.1. The van der Waals surface area contributed by atoms with Gasteiger partial charge in [-0.1, -0.05) is 26.7 Å². The Balaban J connectivity index is 2.74. The maximum Gasteiger partial charge on any atom is 0.123 e. The Morgan fingerprint density at radius 3 is 2.32 bits per heavy atom. The number of ether oxygens (including phenoxy) is 1.